The number of allylic oxidation sites excluding steroid dienone is 1. The van der Waals surface area contributed by atoms with E-state index in [-0.39, 0.29) is 17.6 Å². The van der Waals surface area contributed by atoms with Gasteiger partial charge in [0.2, 0.25) is 0 Å². The SMILES string of the molecule is C/C=C/[C@@H]1Oc2c(-c3ccccc3)c[nH]c(=O)c2[C@@H]2[C@H]1CCC[C@H]2C. The summed E-state index contributed by atoms with van der Waals surface area (Å²) in [5.41, 5.74) is 2.94. The Kier molecular flexibility index (Phi) is 4.24. The molecule has 3 nitrogen and oxygen atoms in total. The van der Waals surface area contributed by atoms with Gasteiger partial charge in [-0.3, -0.25) is 4.79 Å². The number of aromatic amines is 1. The lowest BCUT2D eigenvalue weighted by atomic mass is 9.66. The first kappa shape index (κ1) is 16.2. The molecule has 1 aromatic heterocycles. The van der Waals surface area contributed by atoms with E-state index in [4.69, 9.17) is 4.74 Å². The molecule has 130 valence electrons. The van der Waals surface area contributed by atoms with Crippen molar-refractivity contribution in [1.82, 2.24) is 4.98 Å². The number of benzene rings is 1. The molecule has 1 aliphatic heterocycles. The first-order chi connectivity index (χ1) is 12.2. The monoisotopic (exact) mass is 335 g/mol. The lowest BCUT2D eigenvalue weighted by Gasteiger charge is -2.44. The Balaban J connectivity index is 1.93. The molecule has 4 atom stereocenters. The lowest BCUT2D eigenvalue weighted by molar-refractivity contribution is 0.0784. The Morgan fingerprint density at radius 1 is 1.20 bits per heavy atom. The van der Waals surface area contributed by atoms with E-state index in [0.717, 1.165) is 28.9 Å². The second-order valence-corrected chi connectivity index (χ2v) is 7.35. The van der Waals surface area contributed by atoms with Crippen molar-refractivity contribution in [1.29, 1.82) is 0 Å². The summed E-state index contributed by atoms with van der Waals surface area (Å²) in [6.07, 6.45) is 9.60. The van der Waals surface area contributed by atoms with E-state index in [0.29, 0.717) is 11.8 Å². The molecule has 0 radical (unpaired) electrons. The second kappa shape index (κ2) is 6.55. The van der Waals surface area contributed by atoms with Crippen molar-refractivity contribution < 1.29 is 4.74 Å². The Bertz CT molecular complexity index is 837. The number of nitrogens with one attached hydrogen (secondary N) is 1. The number of pyridine rings is 1. The minimum absolute atomic E-state index is 0.0114. The predicted octanol–water partition coefficient (Wildman–Crippen LogP) is 4.90. The minimum Gasteiger partial charge on any atom is -0.485 e. The van der Waals surface area contributed by atoms with Gasteiger partial charge in [-0.2, -0.15) is 0 Å². The van der Waals surface area contributed by atoms with Gasteiger partial charge in [0.1, 0.15) is 11.9 Å². The molecule has 1 aliphatic carbocycles. The summed E-state index contributed by atoms with van der Waals surface area (Å²) in [6, 6.07) is 10.2. The van der Waals surface area contributed by atoms with Crippen LogP contribution in [0.5, 0.6) is 5.75 Å². The van der Waals surface area contributed by atoms with E-state index in [1.807, 2.05) is 25.1 Å². The molecular weight excluding hydrogens is 310 g/mol. The first-order valence-electron chi connectivity index (χ1n) is 9.31. The summed E-state index contributed by atoms with van der Waals surface area (Å²) < 4.78 is 6.45. The molecule has 0 unspecified atom stereocenters. The number of hydrogen-bond acceptors (Lipinski definition) is 2. The van der Waals surface area contributed by atoms with Crippen LogP contribution in [-0.4, -0.2) is 11.1 Å². The van der Waals surface area contributed by atoms with Crippen molar-refractivity contribution in [2.75, 3.05) is 0 Å². The average molecular weight is 335 g/mol. The number of H-pyrrole nitrogens is 1. The number of fused-ring (bicyclic) bond motifs is 3. The highest BCUT2D eigenvalue weighted by Gasteiger charge is 2.44. The Labute approximate surface area is 148 Å². The van der Waals surface area contributed by atoms with E-state index < -0.39 is 0 Å². The third-order valence-electron chi connectivity index (χ3n) is 5.83. The zero-order valence-corrected chi connectivity index (χ0v) is 14.9. The van der Waals surface area contributed by atoms with E-state index in [2.05, 4.69) is 36.2 Å². The zero-order chi connectivity index (χ0) is 17.4. The van der Waals surface area contributed by atoms with Crippen molar-refractivity contribution in [3.63, 3.8) is 0 Å². The largest absolute Gasteiger partial charge is 0.485 e. The van der Waals surface area contributed by atoms with Crippen LogP contribution in [0, 0.1) is 11.8 Å². The van der Waals surface area contributed by atoms with Gasteiger partial charge in [0.05, 0.1) is 5.56 Å². The summed E-state index contributed by atoms with van der Waals surface area (Å²) in [4.78, 5) is 15.7. The number of aromatic nitrogens is 1. The van der Waals surface area contributed by atoms with Crippen molar-refractivity contribution >= 4 is 0 Å². The molecule has 25 heavy (non-hydrogen) atoms. The van der Waals surface area contributed by atoms with Crippen molar-refractivity contribution in [3.8, 4) is 16.9 Å². The van der Waals surface area contributed by atoms with Crippen molar-refractivity contribution in [2.24, 2.45) is 11.8 Å². The third kappa shape index (κ3) is 2.72. The maximum absolute atomic E-state index is 12.8. The smallest absolute Gasteiger partial charge is 0.255 e. The van der Waals surface area contributed by atoms with Crippen LogP contribution in [0.3, 0.4) is 0 Å². The first-order valence-corrected chi connectivity index (χ1v) is 9.31. The standard InChI is InChI=1S/C22H25NO2/c1-3-8-18-16-12-7-9-14(2)19(16)20-21(25-18)17(13-23-22(20)24)15-10-5-4-6-11-15/h3-6,8,10-11,13-14,16,18-19H,7,9,12H2,1-2H3,(H,23,24)/b8-3+/t14-,16+,18+,19+/m1/s1. The molecule has 1 aromatic carbocycles. The molecule has 2 heterocycles. The van der Waals surface area contributed by atoms with Crippen LogP contribution >= 0.6 is 0 Å². The van der Waals surface area contributed by atoms with Crippen LogP contribution in [0.2, 0.25) is 0 Å². The molecule has 0 amide bonds. The topological polar surface area (TPSA) is 42.1 Å². The van der Waals surface area contributed by atoms with Gasteiger partial charge in [0.25, 0.3) is 5.56 Å². The summed E-state index contributed by atoms with van der Waals surface area (Å²) in [6.45, 7) is 4.32. The fraction of sp³-hybridized carbons (Fsp3) is 0.409. The van der Waals surface area contributed by atoms with Gasteiger partial charge in [0.15, 0.2) is 0 Å². The normalized spacial score (nSPS) is 28.2. The Morgan fingerprint density at radius 2 is 2.00 bits per heavy atom. The molecule has 0 bridgehead atoms. The van der Waals surface area contributed by atoms with Crippen LogP contribution < -0.4 is 10.3 Å². The van der Waals surface area contributed by atoms with Crippen molar-refractivity contribution in [2.45, 2.75) is 45.1 Å². The quantitative estimate of drug-likeness (QED) is 0.793. The van der Waals surface area contributed by atoms with Gasteiger partial charge in [-0.15, -0.1) is 0 Å². The summed E-state index contributed by atoms with van der Waals surface area (Å²) >= 11 is 0. The minimum atomic E-state index is 0.0114. The lowest BCUT2D eigenvalue weighted by Crippen LogP contribution is -2.42. The average Bonchev–Trinajstić information content (AvgIpc) is 2.63. The molecule has 0 saturated heterocycles. The summed E-state index contributed by atoms with van der Waals surface area (Å²) in [5.74, 6) is 1.94. The highest BCUT2D eigenvalue weighted by Crippen LogP contribution is 2.51. The molecule has 0 spiro atoms. The molecular formula is C22H25NO2. The highest BCUT2D eigenvalue weighted by atomic mass is 16.5. The van der Waals surface area contributed by atoms with Gasteiger partial charge >= 0.3 is 0 Å². The summed E-state index contributed by atoms with van der Waals surface area (Å²) in [5, 5.41) is 0. The fourth-order valence-corrected chi connectivity index (χ4v) is 4.71. The molecule has 2 aliphatic rings. The number of rotatable bonds is 2. The highest BCUT2D eigenvalue weighted by molar-refractivity contribution is 5.72. The maximum atomic E-state index is 12.8. The van der Waals surface area contributed by atoms with Crippen molar-refractivity contribution in [3.05, 3.63) is 64.6 Å². The van der Waals surface area contributed by atoms with Crippen LogP contribution in [-0.2, 0) is 0 Å². The van der Waals surface area contributed by atoms with Gasteiger partial charge in [-0.25, -0.2) is 0 Å². The van der Waals surface area contributed by atoms with E-state index in [1.165, 1.54) is 12.8 Å². The molecule has 4 rings (SSSR count). The molecule has 1 fully saturated rings. The van der Waals surface area contributed by atoms with Gasteiger partial charge < -0.3 is 9.72 Å². The maximum Gasteiger partial charge on any atom is 0.255 e. The van der Waals surface area contributed by atoms with Gasteiger partial charge in [0, 0.05) is 23.6 Å². The number of ether oxygens (including phenoxy) is 1. The van der Waals surface area contributed by atoms with E-state index in [9.17, 15) is 4.79 Å². The zero-order valence-electron chi connectivity index (χ0n) is 14.9. The Morgan fingerprint density at radius 3 is 2.76 bits per heavy atom. The van der Waals surface area contributed by atoms with Crippen LogP contribution in [0.1, 0.15) is 44.6 Å². The van der Waals surface area contributed by atoms with Gasteiger partial charge in [-0.1, -0.05) is 56.2 Å². The third-order valence-corrected chi connectivity index (χ3v) is 5.83. The van der Waals surface area contributed by atoms with Crippen LogP contribution in [0.4, 0.5) is 0 Å². The van der Waals surface area contributed by atoms with Gasteiger partial charge in [-0.05, 0) is 30.9 Å². The van der Waals surface area contributed by atoms with Crippen LogP contribution in [0.15, 0.2) is 53.5 Å². The fourth-order valence-electron chi connectivity index (χ4n) is 4.71. The van der Waals surface area contributed by atoms with E-state index in [1.54, 1.807) is 6.20 Å². The predicted molar refractivity (Wildman–Crippen MR) is 101 cm³/mol. The second-order valence-electron chi connectivity index (χ2n) is 7.35. The molecule has 3 heteroatoms. The summed E-state index contributed by atoms with van der Waals surface area (Å²) in [7, 11) is 0. The molecule has 1 N–H and O–H groups in total. The Hall–Kier alpha value is -2.29. The molecule has 1 saturated carbocycles. The number of hydrogen-bond donors (Lipinski definition) is 1. The van der Waals surface area contributed by atoms with Crippen LogP contribution in [0.25, 0.3) is 11.1 Å². The van der Waals surface area contributed by atoms with E-state index >= 15 is 0 Å². The molecule has 2 aromatic rings.